The Morgan fingerprint density at radius 3 is 1.93 bits per heavy atom. The third kappa shape index (κ3) is 3.53. The number of rotatable bonds is 3. The van der Waals surface area contributed by atoms with Gasteiger partial charge in [-0.15, -0.1) is 0 Å². The summed E-state index contributed by atoms with van der Waals surface area (Å²) in [6.07, 6.45) is 0. The molecule has 0 aliphatic carbocycles. The summed E-state index contributed by atoms with van der Waals surface area (Å²) in [5.74, 6) is -1.64. The van der Waals surface area contributed by atoms with Crippen LogP contribution in [0.25, 0.3) is 0 Å². The van der Waals surface area contributed by atoms with Gasteiger partial charge in [-0.3, -0.25) is 19.3 Å². The molecule has 1 N–H and O–H groups in total. The van der Waals surface area contributed by atoms with Crippen molar-refractivity contribution in [2.45, 2.75) is 13.0 Å². The van der Waals surface area contributed by atoms with Gasteiger partial charge in [-0.25, -0.2) is 0 Å². The molecule has 0 spiro atoms. The molecule has 1 aliphatic heterocycles. The molecule has 27 heavy (non-hydrogen) atoms. The summed E-state index contributed by atoms with van der Waals surface area (Å²) in [7, 11) is 0. The smallest absolute Gasteiger partial charge is 0.263 e. The number of imide groups is 1. The number of nitrogens with zero attached hydrogens (tertiary/aromatic N) is 1. The van der Waals surface area contributed by atoms with Crippen LogP contribution in [0.2, 0.25) is 5.02 Å². The number of carbonyl (C=O) groups excluding carboxylic acids is 3. The second kappa shape index (κ2) is 7.94. The van der Waals surface area contributed by atoms with Crippen molar-refractivity contribution in [3.63, 3.8) is 0 Å². The molecule has 1 unspecified atom stereocenters. The molecule has 5 nitrogen and oxygen atoms in total. The second-order valence-electron chi connectivity index (χ2n) is 5.63. The molecule has 0 saturated carbocycles. The van der Waals surface area contributed by atoms with E-state index in [1.165, 1.54) is 6.92 Å². The summed E-state index contributed by atoms with van der Waals surface area (Å²) >= 11 is 19.5. The fraction of sp³-hybridized carbons (Fsp3) is 0.118. The van der Waals surface area contributed by atoms with E-state index in [0.29, 0.717) is 28.6 Å². The number of halogens is 5. The molecule has 140 valence electrons. The van der Waals surface area contributed by atoms with Gasteiger partial charge in [-0.05, 0) is 82.8 Å². The molecular formula is C17H9Br4ClN2O3. The number of carbonyl (C=O) groups is 3. The van der Waals surface area contributed by atoms with Crippen molar-refractivity contribution in [2.24, 2.45) is 0 Å². The number of amides is 3. The quantitative estimate of drug-likeness (QED) is 0.253. The van der Waals surface area contributed by atoms with E-state index in [2.05, 4.69) is 69.0 Å². The van der Waals surface area contributed by atoms with Crippen molar-refractivity contribution in [3.05, 3.63) is 58.3 Å². The standard InChI is InChI=1S/C17H9Br4ClN2O3/c1-6(15(25)23-8-5-3-2-4-7(8)22)24-16(26)9-10(17(24)27)12(19)14(21)13(20)11(9)18/h2-6H,1H3,(H,23,25). The monoisotopic (exact) mass is 640 g/mol. The van der Waals surface area contributed by atoms with E-state index in [1.54, 1.807) is 24.3 Å². The molecule has 0 radical (unpaired) electrons. The average Bonchev–Trinajstić information content (AvgIpc) is 2.90. The van der Waals surface area contributed by atoms with E-state index in [1.807, 2.05) is 0 Å². The van der Waals surface area contributed by atoms with E-state index in [9.17, 15) is 14.4 Å². The van der Waals surface area contributed by atoms with Crippen LogP contribution in [0, 0.1) is 0 Å². The van der Waals surface area contributed by atoms with Crippen molar-refractivity contribution >= 4 is 98.7 Å². The lowest BCUT2D eigenvalue weighted by Gasteiger charge is -2.22. The zero-order valence-corrected chi connectivity index (χ0v) is 20.5. The summed E-state index contributed by atoms with van der Waals surface area (Å²) in [4.78, 5) is 39.4. The van der Waals surface area contributed by atoms with Gasteiger partial charge < -0.3 is 5.32 Å². The number of nitrogens with one attached hydrogen (secondary N) is 1. The van der Waals surface area contributed by atoms with Gasteiger partial charge in [-0.1, -0.05) is 23.7 Å². The number of anilines is 1. The number of para-hydroxylation sites is 1. The molecule has 0 bridgehead atoms. The van der Waals surface area contributed by atoms with Gasteiger partial charge in [0, 0.05) is 17.9 Å². The molecule has 2 aromatic carbocycles. The van der Waals surface area contributed by atoms with Gasteiger partial charge in [0.25, 0.3) is 11.8 Å². The van der Waals surface area contributed by atoms with E-state index in [-0.39, 0.29) is 11.1 Å². The third-order valence-electron chi connectivity index (χ3n) is 4.03. The minimum atomic E-state index is -1.04. The van der Waals surface area contributed by atoms with Crippen molar-refractivity contribution < 1.29 is 14.4 Å². The molecule has 1 atom stereocenters. The maximum absolute atomic E-state index is 12.9. The van der Waals surface area contributed by atoms with Crippen LogP contribution >= 0.6 is 75.3 Å². The van der Waals surface area contributed by atoms with Crippen molar-refractivity contribution in [3.8, 4) is 0 Å². The number of hydrogen-bond acceptors (Lipinski definition) is 3. The van der Waals surface area contributed by atoms with Gasteiger partial charge in [0.1, 0.15) is 6.04 Å². The van der Waals surface area contributed by atoms with E-state index < -0.39 is 23.8 Å². The average molecular weight is 644 g/mol. The SMILES string of the molecule is CC(C(=O)Nc1ccccc1Cl)N1C(=O)c2c(Br)c(Br)c(Br)c(Br)c2C1=O. The predicted octanol–water partition coefficient (Wildman–Crippen LogP) is 6.01. The summed E-state index contributed by atoms with van der Waals surface area (Å²) in [5, 5.41) is 3.01. The Morgan fingerprint density at radius 2 is 1.44 bits per heavy atom. The number of benzene rings is 2. The van der Waals surface area contributed by atoms with Crippen molar-refractivity contribution in [2.75, 3.05) is 5.32 Å². The first-order valence-electron chi connectivity index (χ1n) is 7.46. The van der Waals surface area contributed by atoms with Gasteiger partial charge >= 0.3 is 0 Å². The Morgan fingerprint density at radius 1 is 0.963 bits per heavy atom. The Bertz CT molecular complexity index is 965. The highest BCUT2D eigenvalue weighted by Gasteiger charge is 2.44. The molecule has 0 saturated heterocycles. The highest BCUT2D eigenvalue weighted by atomic mass is 79.9. The lowest BCUT2D eigenvalue weighted by atomic mass is 10.1. The van der Waals surface area contributed by atoms with Gasteiger partial charge in [0.2, 0.25) is 5.91 Å². The van der Waals surface area contributed by atoms with Crippen molar-refractivity contribution in [1.82, 2.24) is 4.90 Å². The van der Waals surface area contributed by atoms with Gasteiger partial charge in [0.15, 0.2) is 0 Å². The molecule has 1 aliphatic rings. The lowest BCUT2D eigenvalue weighted by Crippen LogP contribution is -2.45. The molecule has 3 amide bonds. The maximum Gasteiger partial charge on any atom is 0.263 e. The minimum absolute atomic E-state index is 0.194. The fourth-order valence-electron chi connectivity index (χ4n) is 2.64. The summed E-state index contributed by atoms with van der Waals surface area (Å²) < 4.78 is 2.05. The Kier molecular flexibility index (Phi) is 6.17. The Balaban J connectivity index is 1.96. The first-order valence-corrected chi connectivity index (χ1v) is 11.0. The van der Waals surface area contributed by atoms with Crippen LogP contribution in [0.3, 0.4) is 0 Å². The highest BCUT2D eigenvalue weighted by Crippen LogP contribution is 2.45. The van der Waals surface area contributed by atoms with Crippen LogP contribution in [0.5, 0.6) is 0 Å². The van der Waals surface area contributed by atoms with Crippen LogP contribution < -0.4 is 5.32 Å². The molecule has 3 rings (SSSR count). The number of fused-ring (bicyclic) bond motifs is 1. The van der Waals surface area contributed by atoms with Crippen LogP contribution in [-0.2, 0) is 4.79 Å². The highest BCUT2D eigenvalue weighted by molar-refractivity contribution is 9.15. The van der Waals surface area contributed by atoms with Crippen LogP contribution in [0.15, 0.2) is 42.2 Å². The molecular weight excluding hydrogens is 635 g/mol. The summed E-state index contributed by atoms with van der Waals surface area (Å²) in [6, 6.07) is 5.68. The number of hydrogen-bond donors (Lipinski definition) is 1. The van der Waals surface area contributed by atoms with E-state index >= 15 is 0 Å². The van der Waals surface area contributed by atoms with Crippen LogP contribution in [0.4, 0.5) is 5.69 Å². The van der Waals surface area contributed by atoms with Crippen LogP contribution in [-0.4, -0.2) is 28.7 Å². The van der Waals surface area contributed by atoms with Crippen LogP contribution in [0.1, 0.15) is 27.6 Å². The van der Waals surface area contributed by atoms with Gasteiger partial charge in [-0.2, -0.15) is 0 Å². The van der Waals surface area contributed by atoms with Crippen molar-refractivity contribution in [1.29, 1.82) is 0 Å². The first kappa shape index (κ1) is 21.0. The second-order valence-corrected chi connectivity index (χ2v) is 9.21. The molecule has 10 heteroatoms. The molecule has 0 fully saturated rings. The predicted molar refractivity (Wildman–Crippen MR) is 117 cm³/mol. The normalized spacial score (nSPS) is 14.4. The topological polar surface area (TPSA) is 66.5 Å². The Labute approximate surface area is 193 Å². The lowest BCUT2D eigenvalue weighted by molar-refractivity contribution is -0.119. The zero-order valence-electron chi connectivity index (χ0n) is 13.4. The third-order valence-corrected chi connectivity index (χ3v) is 9.13. The summed E-state index contributed by atoms with van der Waals surface area (Å²) in [6.45, 7) is 1.49. The summed E-state index contributed by atoms with van der Waals surface area (Å²) in [5.41, 5.74) is 0.791. The van der Waals surface area contributed by atoms with E-state index in [4.69, 9.17) is 11.6 Å². The fourth-order valence-corrected chi connectivity index (χ4v) is 5.28. The molecule has 2 aromatic rings. The Hall–Kier alpha value is -0.740. The largest absolute Gasteiger partial charge is 0.323 e. The maximum atomic E-state index is 12.9. The van der Waals surface area contributed by atoms with Gasteiger partial charge in [0.05, 0.1) is 21.8 Å². The molecule has 0 aromatic heterocycles. The first-order chi connectivity index (χ1) is 12.7. The van der Waals surface area contributed by atoms with E-state index in [0.717, 1.165) is 4.90 Å². The minimum Gasteiger partial charge on any atom is -0.323 e. The molecule has 1 heterocycles. The zero-order chi connectivity index (χ0) is 20.0.